The zero-order valence-corrected chi connectivity index (χ0v) is 17.1. The Morgan fingerprint density at radius 3 is 2.00 bits per heavy atom. The van der Waals surface area contributed by atoms with E-state index in [1.54, 1.807) is 0 Å². The Kier molecular flexibility index (Phi) is 9.70. The monoisotopic (exact) mass is 376 g/mol. The van der Waals surface area contributed by atoms with Gasteiger partial charge in [-0.1, -0.05) is 56.7 Å². The van der Waals surface area contributed by atoms with Crippen LogP contribution in [0.1, 0.15) is 63.9 Å². The second-order valence-electron chi connectivity index (χ2n) is 6.97. The van der Waals surface area contributed by atoms with Crippen molar-refractivity contribution < 1.29 is 9.47 Å². The zero-order chi connectivity index (χ0) is 18.6. The van der Waals surface area contributed by atoms with E-state index in [2.05, 4.69) is 44.2 Å². The highest BCUT2D eigenvalue weighted by molar-refractivity contribution is 6.17. The quantitative estimate of drug-likeness (QED) is 0.270. The van der Waals surface area contributed by atoms with E-state index in [0.29, 0.717) is 0 Å². The fourth-order valence-corrected chi connectivity index (χ4v) is 3.29. The van der Waals surface area contributed by atoms with E-state index in [1.807, 2.05) is 0 Å². The van der Waals surface area contributed by atoms with E-state index < -0.39 is 0 Å². The van der Waals surface area contributed by atoms with E-state index in [-0.39, 0.29) is 0 Å². The Bertz CT molecular complexity index is 654. The van der Waals surface area contributed by atoms with Gasteiger partial charge in [0.25, 0.3) is 0 Å². The van der Waals surface area contributed by atoms with Crippen LogP contribution in [0.3, 0.4) is 0 Å². The van der Waals surface area contributed by atoms with Crippen molar-refractivity contribution in [2.75, 3.05) is 19.1 Å². The van der Waals surface area contributed by atoms with E-state index in [4.69, 9.17) is 21.1 Å². The lowest BCUT2D eigenvalue weighted by Crippen LogP contribution is -2.01. The van der Waals surface area contributed by atoms with Crippen LogP contribution < -0.4 is 9.47 Å². The lowest BCUT2D eigenvalue weighted by atomic mass is 10.1. The molecule has 0 radical (unpaired) electrons. The third-order valence-corrected chi connectivity index (χ3v) is 4.90. The second-order valence-corrected chi connectivity index (χ2v) is 7.35. The molecule has 0 aliphatic rings. The maximum Gasteiger partial charge on any atom is 0.127 e. The van der Waals surface area contributed by atoms with Crippen LogP contribution >= 0.6 is 11.6 Å². The molecule has 0 bridgehead atoms. The van der Waals surface area contributed by atoms with Gasteiger partial charge < -0.3 is 9.47 Å². The molecule has 0 aromatic heterocycles. The van der Waals surface area contributed by atoms with Crippen molar-refractivity contribution in [2.45, 2.75) is 65.2 Å². The molecule has 0 fully saturated rings. The highest BCUT2D eigenvalue weighted by Crippen LogP contribution is 2.34. The lowest BCUT2D eigenvalue weighted by molar-refractivity contribution is 0.302. The Hall–Kier alpha value is -1.41. The molecule has 3 heteroatoms. The third kappa shape index (κ3) is 6.72. The predicted octanol–water partition coefficient (Wildman–Crippen LogP) is 7.29. The number of hydrogen-bond donors (Lipinski definition) is 0. The fraction of sp³-hybridized carbons (Fsp3) is 0.565. The minimum absolute atomic E-state index is 0.753. The molecule has 0 unspecified atom stereocenters. The van der Waals surface area contributed by atoms with Crippen molar-refractivity contribution in [3.8, 4) is 11.5 Å². The standard InChI is InChI=1S/C23H33ClO2/c1-3-4-5-9-16-25-22-13-14-23(26-17-10-7-6-8-15-24)21-18-19(2)11-12-20(21)22/h11-14,18H,3-10,15-17H2,1-2H3. The van der Waals surface area contributed by atoms with Crippen LogP contribution in [0.2, 0.25) is 0 Å². The maximum absolute atomic E-state index is 6.08. The lowest BCUT2D eigenvalue weighted by Gasteiger charge is -2.14. The summed E-state index contributed by atoms with van der Waals surface area (Å²) in [7, 11) is 0. The third-order valence-electron chi connectivity index (χ3n) is 4.63. The SMILES string of the molecule is CCCCCCOc1ccc(OCCCCCCCl)c2cc(C)ccc12. The maximum atomic E-state index is 6.08. The van der Waals surface area contributed by atoms with Gasteiger partial charge >= 0.3 is 0 Å². The summed E-state index contributed by atoms with van der Waals surface area (Å²) >= 11 is 5.72. The summed E-state index contributed by atoms with van der Waals surface area (Å²) in [5, 5.41) is 2.29. The first kappa shape index (κ1) is 20.9. The molecule has 2 nitrogen and oxygen atoms in total. The smallest absolute Gasteiger partial charge is 0.127 e. The number of unbranched alkanes of at least 4 members (excludes halogenated alkanes) is 6. The van der Waals surface area contributed by atoms with Crippen molar-refractivity contribution in [1.82, 2.24) is 0 Å². The topological polar surface area (TPSA) is 18.5 Å². The molecule has 26 heavy (non-hydrogen) atoms. The first-order valence-electron chi connectivity index (χ1n) is 10.1. The summed E-state index contributed by atoms with van der Waals surface area (Å²) in [4.78, 5) is 0. The average Bonchev–Trinajstić information content (AvgIpc) is 2.65. The normalized spacial score (nSPS) is 11.0. The largest absolute Gasteiger partial charge is 0.493 e. The number of benzene rings is 2. The van der Waals surface area contributed by atoms with Crippen LogP contribution in [0.15, 0.2) is 30.3 Å². The molecule has 2 aromatic rings. The van der Waals surface area contributed by atoms with Crippen molar-refractivity contribution in [3.05, 3.63) is 35.9 Å². The molecule has 0 aliphatic carbocycles. The minimum atomic E-state index is 0.753. The van der Waals surface area contributed by atoms with Crippen molar-refractivity contribution >= 4 is 22.4 Å². The number of rotatable bonds is 13. The molecule has 0 amide bonds. The van der Waals surface area contributed by atoms with Gasteiger partial charge in [-0.25, -0.2) is 0 Å². The molecule has 0 saturated heterocycles. The molecule has 0 N–H and O–H groups in total. The Morgan fingerprint density at radius 2 is 1.35 bits per heavy atom. The number of halogens is 1. The predicted molar refractivity (Wildman–Crippen MR) is 113 cm³/mol. The van der Waals surface area contributed by atoms with Gasteiger partial charge in [-0.3, -0.25) is 0 Å². The van der Waals surface area contributed by atoms with E-state index in [0.717, 1.165) is 60.6 Å². The first-order valence-corrected chi connectivity index (χ1v) is 10.6. The van der Waals surface area contributed by atoms with E-state index >= 15 is 0 Å². The molecule has 0 atom stereocenters. The zero-order valence-electron chi connectivity index (χ0n) is 16.4. The number of aryl methyl sites for hydroxylation is 1. The van der Waals surface area contributed by atoms with E-state index in [9.17, 15) is 0 Å². The van der Waals surface area contributed by atoms with Crippen molar-refractivity contribution in [1.29, 1.82) is 0 Å². The number of alkyl halides is 1. The van der Waals surface area contributed by atoms with Gasteiger partial charge in [0.15, 0.2) is 0 Å². The van der Waals surface area contributed by atoms with Gasteiger partial charge in [-0.15, -0.1) is 11.6 Å². The Labute approximate surface area is 163 Å². The molecule has 0 saturated carbocycles. The number of ether oxygens (including phenoxy) is 2. The highest BCUT2D eigenvalue weighted by Gasteiger charge is 2.09. The minimum Gasteiger partial charge on any atom is -0.493 e. The van der Waals surface area contributed by atoms with Crippen molar-refractivity contribution in [2.24, 2.45) is 0 Å². The molecular formula is C23H33ClO2. The van der Waals surface area contributed by atoms with Gasteiger partial charge in [0.1, 0.15) is 11.5 Å². The van der Waals surface area contributed by atoms with Crippen LogP contribution in [-0.2, 0) is 0 Å². The average molecular weight is 377 g/mol. The summed E-state index contributed by atoms with van der Waals surface area (Å²) in [5.41, 5.74) is 1.24. The second kappa shape index (κ2) is 12.1. The van der Waals surface area contributed by atoms with Crippen LogP contribution in [-0.4, -0.2) is 19.1 Å². The number of fused-ring (bicyclic) bond motifs is 1. The van der Waals surface area contributed by atoms with Crippen LogP contribution in [0.5, 0.6) is 11.5 Å². The molecule has 0 spiro atoms. The molecule has 0 aliphatic heterocycles. The van der Waals surface area contributed by atoms with Crippen LogP contribution in [0.25, 0.3) is 10.8 Å². The molecule has 2 aromatic carbocycles. The fourth-order valence-electron chi connectivity index (χ4n) is 3.10. The van der Waals surface area contributed by atoms with Crippen molar-refractivity contribution in [3.63, 3.8) is 0 Å². The number of hydrogen-bond acceptors (Lipinski definition) is 2. The Morgan fingerprint density at radius 1 is 0.731 bits per heavy atom. The van der Waals surface area contributed by atoms with Gasteiger partial charge in [0.2, 0.25) is 0 Å². The molecule has 144 valence electrons. The van der Waals surface area contributed by atoms with Gasteiger partial charge in [0, 0.05) is 16.7 Å². The van der Waals surface area contributed by atoms with Crippen LogP contribution in [0.4, 0.5) is 0 Å². The summed E-state index contributed by atoms with van der Waals surface area (Å²) in [6.45, 7) is 5.88. The summed E-state index contributed by atoms with van der Waals surface area (Å²) in [5.74, 6) is 2.68. The molecule has 0 heterocycles. The van der Waals surface area contributed by atoms with E-state index in [1.165, 1.54) is 37.7 Å². The Balaban J connectivity index is 2.00. The molecule has 2 rings (SSSR count). The van der Waals surface area contributed by atoms with Crippen LogP contribution in [0, 0.1) is 6.92 Å². The highest BCUT2D eigenvalue weighted by atomic mass is 35.5. The van der Waals surface area contributed by atoms with Gasteiger partial charge in [-0.05, 0) is 44.4 Å². The van der Waals surface area contributed by atoms with Gasteiger partial charge in [-0.2, -0.15) is 0 Å². The van der Waals surface area contributed by atoms with Gasteiger partial charge in [0.05, 0.1) is 13.2 Å². The first-order chi connectivity index (χ1) is 12.8. The summed E-state index contributed by atoms with van der Waals surface area (Å²) < 4.78 is 12.1. The summed E-state index contributed by atoms with van der Waals surface area (Å²) in [6.07, 6.45) is 9.38. The summed E-state index contributed by atoms with van der Waals surface area (Å²) in [6, 6.07) is 10.6. The molecular weight excluding hydrogens is 344 g/mol.